The minimum Gasteiger partial charge on any atom is -0.494 e. The molecule has 2 aliphatic carbocycles. The summed E-state index contributed by atoms with van der Waals surface area (Å²) < 4.78 is 45.4. The Labute approximate surface area is 310 Å². The van der Waals surface area contributed by atoms with Crippen LogP contribution in [0.2, 0.25) is 0 Å². The summed E-state index contributed by atoms with van der Waals surface area (Å²) in [5.41, 5.74) is -2.33. The van der Waals surface area contributed by atoms with Gasteiger partial charge in [-0.3, -0.25) is 19.1 Å². The van der Waals surface area contributed by atoms with Crippen molar-refractivity contribution in [3.05, 3.63) is 42.6 Å². The summed E-state index contributed by atoms with van der Waals surface area (Å²) in [5, 5.41) is 6.51. The number of amides is 4. The molecule has 0 spiro atoms. The van der Waals surface area contributed by atoms with E-state index in [2.05, 4.69) is 27.3 Å². The zero-order valence-corrected chi connectivity index (χ0v) is 32.0. The molecule has 7 atom stereocenters. The van der Waals surface area contributed by atoms with Crippen LogP contribution >= 0.6 is 0 Å². The van der Waals surface area contributed by atoms with E-state index in [0.717, 1.165) is 11.8 Å². The number of alkyl carbamates (subject to hydrolysis) is 1. The van der Waals surface area contributed by atoms with Gasteiger partial charge < -0.3 is 29.7 Å². The van der Waals surface area contributed by atoms with Crippen molar-refractivity contribution in [1.82, 2.24) is 25.2 Å². The van der Waals surface area contributed by atoms with Crippen molar-refractivity contribution >= 4 is 44.6 Å². The Morgan fingerprint density at radius 1 is 1.06 bits per heavy atom. The summed E-state index contributed by atoms with van der Waals surface area (Å²) in [4.78, 5) is 61.9. The number of hydrogen-bond donors (Lipinski definition) is 3. The highest BCUT2D eigenvalue weighted by Crippen LogP contribution is 2.46. The lowest BCUT2D eigenvalue weighted by atomic mass is 9.88. The van der Waals surface area contributed by atoms with E-state index in [1.807, 2.05) is 43.3 Å². The summed E-state index contributed by atoms with van der Waals surface area (Å²) in [6, 6.07) is 5.26. The Bertz CT molecular complexity index is 1890. The minimum atomic E-state index is -3.90. The van der Waals surface area contributed by atoms with Gasteiger partial charge in [-0.15, -0.1) is 0 Å². The van der Waals surface area contributed by atoms with Gasteiger partial charge in [-0.25, -0.2) is 18.2 Å². The molecule has 3 fully saturated rings. The minimum absolute atomic E-state index is 0.0215. The van der Waals surface area contributed by atoms with E-state index < -0.39 is 74.3 Å². The normalized spacial score (nSPS) is 29.5. The molecule has 15 heteroatoms. The maximum Gasteiger partial charge on any atom is 0.408 e. The molecule has 4 amide bonds. The van der Waals surface area contributed by atoms with Crippen molar-refractivity contribution in [2.75, 3.05) is 13.7 Å². The first kappa shape index (κ1) is 38.3. The van der Waals surface area contributed by atoms with Crippen molar-refractivity contribution < 1.29 is 41.8 Å². The second-order valence-corrected chi connectivity index (χ2v) is 18.0. The lowest BCUT2D eigenvalue weighted by Gasteiger charge is -2.33. The number of nitrogens with zero attached hydrogens (tertiary/aromatic N) is 2. The number of ether oxygens (including phenoxy) is 3. The van der Waals surface area contributed by atoms with Crippen LogP contribution in [0.1, 0.15) is 79.6 Å². The number of benzene rings is 1. The first-order chi connectivity index (χ1) is 25.0. The quantitative estimate of drug-likeness (QED) is 0.350. The van der Waals surface area contributed by atoms with Gasteiger partial charge in [-0.2, -0.15) is 0 Å². The fourth-order valence-electron chi connectivity index (χ4n) is 7.49. The number of aromatic nitrogens is 1. The van der Waals surface area contributed by atoms with Gasteiger partial charge in [0.2, 0.25) is 27.7 Å². The predicted octanol–water partition coefficient (Wildman–Crippen LogP) is 3.98. The lowest BCUT2D eigenvalue weighted by Crippen LogP contribution is -2.59. The molecule has 53 heavy (non-hydrogen) atoms. The average Bonchev–Trinajstić information content (AvgIpc) is 4.01. The summed E-state index contributed by atoms with van der Waals surface area (Å²) in [5.74, 6) is -1.68. The molecule has 3 N–H and O–H groups in total. The lowest BCUT2D eigenvalue weighted by molar-refractivity contribution is -0.142. The molecule has 288 valence electrons. The van der Waals surface area contributed by atoms with Crippen molar-refractivity contribution in [1.29, 1.82) is 0 Å². The van der Waals surface area contributed by atoms with Crippen LogP contribution in [0.4, 0.5) is 4.79 Å². The Morgan fingerprint density at radius 3 is 2.45 bits per heavy atom. The number of methoxy groups -OCH3 is 1. The summed E-state index contributed by atoms with van der Waals surface area (Å²) >= 11 is 0. The zero-order chi connectivity index (χ0) is 38.3. The van der Waals surface area contributed by atoms with E-state index in [0.29, 0.717) is 42.7 Å². The monoisotopic (exact) mass is 753 g/mol. The summed E-state index contributed by atoms with van der Waals surface area (Å²) in [6.07, 6.45) is 7.16. The SMILES string of the molecule is COc1cnc(OC2CC3C(=O)NC4(C(=O)NS(=O)(=O)C5CC5)CC4C=CCCC(C)CC(C)C(NC(=O)OC(C)(C)C)C(=O)N3C2)c2ccccc12. The van der Waals surface area contributed by atoms with E-state index in [1.54, 1.807) is 34.1 Å². The van der Waals surface area contributed by atoms with Crippen molar-refractivity contribution in [2.45, 2.75) is 114 Å². The van der Waals surface area contributed by atoms with E-state index in [1.165, 1.54) is 4.90 Å². The number of allylic oxidation sites excluding steroid dienone is 1. The van der Waals surface area contributed by atoms with Gasteiger partial charge in [0.15, 0.2) is 0 Å². The topological polar surface area (TPSA) is 182 Å². The number of rotatable bonds is 7. The number of nitrogens with one attached hydrogen (secondary N) is 3. The molecule has 3 heterocycles. The third-order valence-corrected chi connectivity index (χ3v) is 12.3. The number of carbonyl (C=O) groups is 4. The third-order valence-electron chi connectivity index (χ3n) is 10.5. The van der Waals surface area contributed by atoms with Gasteiger partial charge in [-0.1, -0.05) is 44.2 Å². The van der Waals surface area contributed by atoms with Crippen LogP contribution in [0.5, 0.6) is 11.6 Å². The standard InChI is InChI=1S/C38H51N5O9S/c1-22-11-7-8-12-24-19-38(24,35(46)42-53(48,49)26-15-16-26)41-32(44)29-18-25(51-33-28-14-10-9-13-27(28)30(50-6)20-39-33)21-43(29)34(45)31(23(2)17-22)40-36(47)52-37(3,4)5/h8-10,12-14,20,22-26,29,31H,7,11,15-19,21H2,1-6H3,(H,40,47)(H,41,44)(H,42,46). The molecule has 1 saturated heterocycles. The van der Waals surface area contributed by atoms with E-state index in [-0.39, 0.29) is 31.2 Å². The smallest absolute Gasteiger partial charge is 0.408 e. The van der Waals surface area contributed by atoms with E-state index >= 15 is 0 Å². The molecule has 6 rings (SSSR count). The predicted molar refractivity (Wildman–Crippen MR) is 196 cm³/mol. The van der Waals surface area contributed by atoms with Crippen LogP contribution in [0.15, 0.2) is 42.6 Å². The van der Waals surface area contributed by atoms with Crippen molar-refractivity contribution in [2.24, 2.45) is 17.8 Å². The van der Waals surface area contributed by atoms with Crippen LogP contribution in [0.3, 0.4) is 0 Å². The van der Waals surface area contributed by atoms with Gasteiger partial charge >= 0.3 is 6.09 Å². The van der Waals surface area contributed by atoms with Crippen LogP contribution in [0, 0.1) is 17.8 Å². The van der Waals surface area contributed by atoms with Crippen LogP contribution in [0.25, 0.3) is 10.8 Å². The fraction of sp³-hybridized carbons (Fsp3) is 0.605. The molecule has 2 saturated carbocycles. The van der Waals surface area contributed by atoms with Gasteiger partial charge in [0.25, 0.3) is 5.91 Å². The van der Waals surface area contributed by atoms with Crippen molar-refractivity contribution in [3.8, 4) is 11.6 Å². The molecule has 2 aromatic rings. The second-order valence-electron chi connectivity index (χ2n) is 16.1. The third kappa shape index (κ3) is 8.55. The molecule has 1 aromatic heterocycles. The van der Waals surface area contributed by atoms with Gasteiger partial charge in [-0.05, 0) is 77.2 Å². The molecule has 7 unspecified atom stereocenters. The van der Waals surface area contributed by atoms with Gasteiger partial charge in [0, 0.05) is 23.1 Å². The van der Waals surface area contributed by atoms with Gasteiger partial charge in [0.05, 0.1) is 25.1 Å². The largest absolute Gasteiger partial charge is 0.494 e. The van der Waals surface area contributed by atoms with Crippen LogP contribution < -0.4 is 24.8 Å². The fourth-order valence-corrected chi connectivity index (χ4v) is 8.85. The molecule has 1 aromatic carbocycles. The van der Waals surface area contributed by atoms with E-state index in [9.17, 15) is 27.6 Å². The Kier molecular flexibility index (Phi) is 10.7. The van der Waals surface area contributed by atoms with Crippen LogP contribution in [-0.4, -0.2) is 90.3 Å². The molecule has 4 aliphatic rings. The van der Waals surface area contributed by atoms with Gasteiger partial charge in [0.1, 0.15) is 35.1 Å². The number of carbonyl (C=O) groups excluding carboxylic acids is 4. The molecule has 2 aliphatic heterocycles. The molecule has 14 nitrogen and oxygen atoms in total. The maximum absolute atomic E-state index is 14.7. The Hall–Kier alpha value is -4.40. The average molecular weight is 754 g/mol. The number of fused-ring (bicyclic) bond motifs is 3. The Morgan fingerprint density at radius 2 is 1.77 bits per heavy atom. The zero-order valence-electron chi connectivity index (χ0n) is 31.2. The molecule has 0 radical (unpaired) electrons. The summed E-state index contributed by atoms with van der Waals surface area (Å²) in [7, 11) is -2.35. The number of hydrogen-bond acceptors (Lipinski definition) is 10. The number of pyridine rings is 1. The van der Waals surface area contributed by atoms with Crippen LogP contribution in [-0.2, 0) is 29.1 Å². The first-order valence-electron chi connectivity index (χ1n) is 18.4. The second kappa shape index (κ2) is 14.8. The van der Waals surface area contributed by atoms with Crippen molar-refractivity contribution in [3.63, 3.8) is 0 Å². The molecular formula is C38H51N5O9S. The molecular weight excluding hydrogens is 703 g/mol. The molecule has 0 bridgehead atoms. The highest BCUT2D eigenvalue weighted by molar-refractivity contribution is 7.91. The summed E-state index contributed by atoms with van der Waals surface area (Å²) in [6.45, 7) is 9.15. The first-order valence-corrected chi connectivity index (χ1v) is 20.0. The van der Waals surface area contributed by atoms with E-state index in [4.69, 9.17) is 14.2 Å². The number of sulfonamides is 1. The maximum atomic E-state index is 14.7. The highest BCUT2D eigenvalue weighted by atomic mass is 32.2. The Balaban J connectivity index is 1.35. The highest BCUT2D eigenvalue weighted by Gasteiger charge is 2.62.